The van der Waals surface area contributed by atoms with Gasteiger partial charge in [0, 0.05) is 30.2 Å². The van der Waals surface area contributed by atoms with Crippen molar-refractivity contribution in [2.24, 2.45) is 23.5 Å². The van der Waals surface area contributed by atoms with Crippen LogP contribution in [0.2, 0.25) is 0 Å². The molecule has 190 valence electrons. The van der Waals surface area contributed by atoms with Crippen LogP contribution in [-0.4, -0.2) is 52.0 Å². The summed E-state index contributed by atoms with van der Waals surface area (Å²) in [5, 5.41) is 12.9. The van der Waals surface area contributed by atoms with Crippen molar-refractivity contribution in [3.05, 3.63) is 62.6 Å². The minimum atomic E-state index is -0.865. The van der Waals surface area contributed by atoms with E-state index in [2.05, 4.69) is 22.1 Å². The molecule has 3 aliphatic carbocycles. The summed E-state index contributed by atoms with van der Waals surface area (Å²) < 4.78 is 0. The van der Waals surface area contributed by atoms with Crippen LogP contribution in [0.25, 0.3) is 0 Å². The summed E-state index contributed by atoms with van der Waals surface area (Å²) in [6.45, 7) is 5.88. The number of aromatic hydroxyl groups is 1. The van der Waals surface area contributed by atoms with Crippen LogP contribution in [0.3, 0.4) is 0 Å². The second kappa shape index (κ2) is 8.20. The molecular formula is C28H34N4O4. The highest BCUT2D eigenvalue weighted by Gasteiger charge is 2.62. The molecular weight excluding hydrogens is 456 g/mol. The molecule has 2 heterocycles. The van der Waals surface area contributed by atoms with Crippen molar-refractivity contribution in [2.45, 2.75) is 63.5 Å². The molecule has 8 heteroatoms. The van der Waals surface area contributed by atoms with Gasteiger partial charge in [0.1, 0.15) is 17.4 Å². The van der Waals surface area contributed by atoms with Gasteiger partial charge in [-0.05, 0) is 98.6 Å². The summed E-state index contributed by atoms with van der Waals surface area (Å²) >= 11 is 0. The number of carbonyl (C=O) groups excluding carboxylic acids is 2. The first-order chi connectivity index (χ1) is 17.2. The van der Waals surface area contributed by atoms with Gasteiger partial charge < -0.3 is 21.1 Å². The Morgan fingerprint density at radius 2 is 2.08 bits per heavy atom. The number of aromatic amines is 1. The molecule has 8 nitrogen and oxygen atoms in total. The number of nitrogens with one attached hydrogen (secondary N) is 2. The lowest BCUT2D eigenvalue weighted by Crippen LogP contribution is -2.58. The van der Waals surface area contributed by atoms with Crippen LogP contribution < -0.4 is 16.6 Å². The van der Waals surface area contributed by atoms with Crippen LogP contribution in [0.1, 0.15) is 58.9 Å². The maximum atomic E-state index is 13.0. The summed E-state index contributed by atoms with van der Waals surface area (Å²) in [5.74, 6) is 0.770. The number of rotatable bonds is 6. The molecule has 4 aliphatic rings. The van der Waals surface area contributed by atoms with E-state index >= 15 is 0 Å². The molecule has 0 bridgehead atoms. The van der Waals surface area contributed by atoms with Crippen LogP contribution in [0, 0.1) is 24.7 Å². The fourth-order valence-corrected chi connectivity index (χ4v) is 7.32. The number of carbonyl (C=O) groups is 2. The van der Waals surface area contributed by atoms with Crippen molar-refractivity contribution in [2.75, 3.05) is 13.1 Å². The first kappa shape index (κ1) is 23.3. The smallest absolute Gasteiger partial charge is 0.261 e. The van der Waals surface area contributed by atoms with E-state index < -0.39 is 23.4 Å². The lowest BCUT2D eigenvalue weighted by atomic mass is 9.62. The number of pyridine rings is 1. The molecule has 0 spiro atoms. The van der Waals surface area contributed by atoms with Crippen molar-refractivity contribution in [3.63, 3.8) is 0 Å². The number of aryl methyl sites for hydroxylation is 1. The zero-order chi connectivity index (χ0) is 25.4. The number of benzene rings is 1. The highest BCUT2D eigenvalue weighted by Crippen LogP contribution is 2.60. The number of nitrogens with two attached hydrogens (primary N) is 1. The van der Waals surface area contributed by atoms with Gasteiger partial charge in [-0.2, -0.15) is 0 Å². The van der Waals surface area contributed by atoms with Gasteiger partial charge in [0.05, 0.1) is 0 Å². The summed E-state index contributed by atoms with van der Waals surface area (Å²) in [5.41, 5.74) is 8.87. The number of hydrogen-bond acceptors (Lipinski definition) is 5. The Hall–Kier alpha value is -3.13. The lowest BCUT2D eigenvalue weighted by molar-refractivity contribution is -0.119. The number of nitrogens with zero attached hydrogens (tertiary/aromatic N) is 1. The number of phenolic OH excluding ortho intramolecular Hbond substituents is 1. The Labute approximate surface area is 210 Å². The quantitative estimate of drug-likeness (QED) is 0.491. The van der Waals surface area contributed by atoms with Gasteiger partial charge in [-0.15, -0.1) is 0 Å². The normalized spacial score (nSPS) is 29.4. The minimum Gasteiger partial charge on any atom is -0.508 e. The van der Waals surface area contributed by atoms with Gasteiger partial charge in [0.15, 0.2) is 0 Å². The van der Waals surface area contributed by atoms with E-state index in [-0.39, 0.29) is 16.7 Å². The molecule has 2 aromatic rings. The second-order valence-electron chi connectivity index (χ2n) is 11.6. The van der Waals surface area contributed by atoms with Gasteiger partial charge in [0.2, 0.25) is 5.91 Å². The molecule has 1 aliphatic heterocycles. The van der Waals surface area contributed by atoms with Crippen LogP contribution in [0.15, 0.2) is 29.1 Å². The van der Waals surface area contributed by atoms with E-state index in [0.29, 0.717) is 24.3 Å². The molecule has 0 radical (unpaired) electrons. The number of likely N-dealkylation sites (tertiary alicyclic amines) is 1. The number of H-pyrrole nitrogens is 1. The van der Waals surface area contributed by atoms with Gasteiger partial charge in [-0.3, -0.25) is 19.3 Å². The highest BCUT2D eigenvalue weighted by molar-refractivity contribution is 5.97. The topological polar surface area (TPSA) is 129 Å². The average molecular weight is 491 g/mol. The van der Waals surface area contributed by atoms with Crippen LogP contribution in [-0.2, 0) is 23.1 Å². The van der Waals surface area contributed by atoms with Crippen LogP contribution >= 0.6 is 0 Å². The summed E-state index contributed by atoms with van der Waals surface area (Å²) in [6.07, 6.45) is 5.11. The highest BCUT2D eigenvalue weighted by atomic mass is 16.3. The Morgan fingerprint density at radius 1 is 1.31 bits per heavy atom. The predicted molar refractivity (Wildman–Crippen MR) is 135 cm³/mol. The Bertz CT molecular complexity index is 1320. The first-order valence-corrected chi connectivity index (χ1v) is 13.1. The van der Waals surface area contributed by atoms with Crippen molar-refractivity contribution in [3.8, 4) is 5.75 Å². The number of aromatic nitrogens is 1. The first-order valence-electron chi connectivity index (χ1n) is 13.1. The van der Waals surface area contributed by atoms with E-state index in [0.717, 1.165) is 48.7 Å². The average Bonchev–Trinajstić information content (AvgIpc) is 3.60. The van der Waals surface area contributed by atoms with E-state index in [1.165, 1.54) is 25.3 Å². The molecule has 5 atom stereocenters. The third kappa shape index (κ3) is 3.65. The predicted octanol–water partition coefficient (Wildman–Crippen LogP) is 1.76. The third-order valence-corrected chi connectivity index (χ3v) is 9.24. The number of amides is 2. The lowest BCUT2D eigenvalue weighted by Gasteiger charge is -2.49. The molecule has 3 fully saturated rings. The molecule has 2 saturated carbocycles. The summed E-state index contributed by atoms with van der Waals surface area (Å²) in [6, 6.07) is 6.98. The monoisotopic (exact) mass is 490 g/mol. The molecule has 1 aromatic carbocycles. The van der Waals surface area contributed by atoms with E-state index in [9.17, 15) is 19.5 Å². The van der Waals surface area contributed by atoms with Gasteiger partial charge in [-0.25, -0.2) is 0 Å². The van der Waals surface area contributed by atoms with E-state index in [1.807, 2.05) is 12.1 Å². The molecule has 1 aromatic heterocycles. The van der Waals surface area contributed by atoms with Crippen molar-refractivity contribution >= 4 is 11.8 Å². The van der Waals surface area contributed by atoms with Crippen molar-refractivity contribution in [1.82, 2.24) is 15.2 Å². The maximum absolute atomic E-state index is 13.0. The standard InChI is InChI=1S/C28H34N4O4/c1-14-3-6-19(33)9-21(14)28-10-18-13-32(12-16-4-5-16)24(18)22(28)8-17-7-20(27(36)31-23(17)11-28)26(35)30-15(2)25(29)34/h3,6-7,9,15-16,18,22,24,33H,4-5,8,10-13H2,1-2H3,(H2,29,34)(H,30,35)(H,31,36)/t15-,18?,22-,24+,28+/m0/s1. The Balaban J connectivity index is 1.40. The Kier molecular flexibility index (Phi) is 5.30. The van der Waals surface area contributed by atoms with Gasteiger partial charge in [-0.1, -0.05) is 6.07 Å². The zero-order valence-electron chi connectivity index (χ0n) is 20.8. The van der Waals surface area contributed by atoms with E-state index in [4.69, 9.17) is 5.73 Å². The SMILES string of the molecule is Cc1ccc(O)cc1[C@@]12Cc3[nH]c(=O)c(C(=O)N[C@@H](C)C(N)=O)cc3C[C@H]1[C@H]1C(CN1CC1CC1)C2. The van der Waals surface area contributed by atoms with Crippen LogP contribution in [0.5, 0.6) is 5.75 Å². The molecule has 36 heavy (non-hydrogen) atoms. The molecule has 2 amide bonds. The summed E-state index contributed by atoms with van der Waals surface area (Å²) in [7, 11) is 0. The van der Waals surface area contributed by atoms with E-state index in [1.54, 1.807) is 12.1 Å². The molecule has 6 rings (SSSR count). The second-order valence-corrected chi connectivity index (χ2v) is 11.6. The fourth-order valence-electron chi connectivity index (χ4n) is 7.32. The minimum absolute atomic E-state index is 0.0147. The Morgan fingerprint density at radius 3 is 2.81 bits per heavy atom. The number of hydrogen-bond donors (Lipinski definition) is 4. The number of fused-ring (bicyclic) bond motifs is 4. The fraction of sp³-hybridized carbons (Fsp3) is 0.536. The van der Waals surface area contributed by atoms with Gasteiger partial charge in [0.25, 0.3) is 11.5 Å². The van der Waals surface area contributed by atoms with Crippen molar-refractivity contribution < 1.29 is 14.7 Å². The summed E-state index contributed by atoms with van der Waals surface area (Å²) in [4.78, 5) is 42.9. The van der Waals surface area contributed by atoms with Gasteiger partial charge >= 0.3 is 0 Å². The molecule has 1 unspecified atom stereocenters. The maximum Gasteiger partial charge on any atom is 0.261 e. The largest absolute Gasteiger partial charge is 0.508 e. The number of primary amides is 1. The molecule has 5 N–H and O–H groups in total. The number of phenols is 1. The van der Waals surface area contributed by atoms with Crippen molar-refractivity contribution in [1.29, 1.82) is 0 Å². The zero-order valence-corrected chi connectivity index (χ0v) is 20.8. The third-order valence-electron chi connectivity index (χ3n) is 9.24. The van der Waals surface area contributed by atoms with Crippen LogP contribution in [0.4, 0.5) is 0 Å². The molecule has 1 saturated heterocycles.